The summed E-state index contributed by atoms with van der Waals surface area (Å²) in [4.78, 5) is 0.0762. The third-order valence-corrected chi connectivity index (χ3v) is 9.15. The van der Waals surface area contributed by atoms with E-state index < -0.39 is 6.10 Å². The smallest absolute Gasteiger partial charge is 0.0854 e. The molecule has 0 heterocycles. The van der Waals surface area contributed by atoms with Gasteiger partial charge < -0.3 is 5.11 Å². The van der Waals surface area contributed by atoms with E-state index in [4.69, 9.17) is 11.6 Å². The summed E-state index contributed by atoms with van der Waals surface area (Å²) in [5.74, 6) is 0. The molecule has 0 bridgehead atoms. The highest BCUT2D eigenvalue weighted by molar-refractivity contribution is 9.10. The minimum atomic E-state index is -0.410. The fourth-order valence-corrected chi connectivity index (χ4v) is 5.20. The van der Waals surface area contributed by atoms with Crippen molar-refractivity contribution >= 4 is 43.5 Å². The summed E-state index contributed by atoms with van der Waals surface area (Å²) in [6.07, 6.45) is 4.74. The Kier molecular flexibility index (Phi) is 4.29. The third-order valence-electron chi connectivity index (χ3n) is 5.62. The van der Waals surface area contributed by atoms with Crippen LogP contribution in [-0.4, -0.2) is 25.7 Å². The molecule has 0 aromatic rings. The summed E-state index contributed by atoms with van der Waals surface area (Å²) >= 11 is 14.1. The van der Waals surface area contributed by atoms with E-state index in [9.17, 15) is 5.11 Å². The normalized spacial score (nSPS) is 50.1. The molecule has 1 nitrogen and oxygen atoms in total. The second-order valence-electron chi connectivity index (χ2n) is 7.00. The number of allylic oxidation sites excluding steroid dienone is 1. The minimum absolute atomic E-state index is 0.0120. The Labute approximate surface area is 138 Å². The van der Waals surface area contributed by atoms with Gasteiger partial charge in [0, 0.05) is 9.70 Å². The number of hydrogen-bond donors (Lipinski definition) is 1. The molecule has 1 fully saturated rings. The van der Waals surface area contributed by atoms with Crippen LogP contribution in [0, 0.1) is 10.8 Å². The molecule has 0 unspecified atom stereocenters. The first-order valence-electron chi connectivity index (χ1n) is 6.89. The van der Waals surface area contributed by atoms with Crippen LogP contribution >= 0.6 is 43.5 Å². The maximum Gasteiger partial charge on any atom is 0.0854 e. The lowest BCUT2D eigenvalue weighted by Gasteiger charge is -2.59. The summed E-state index contributed by atoms with van der Waals surface area (Å²) in [5.41, 5.74) is 1.37. The molecule has 0 amide bonds. The van der Waals surface area contributed by atoms with Crippen molar-refractivity contribution < 1.29 is 5.11 Å². The predicted octanol–water partition coefficient (Wildman–Crippen LogP) is 5.03. The largest absolute Gasteiger partial charge is 0.388 e. The van der Waals surface area contributed by atoms with Gasteiger partial charge in [-0.05, 0) is 43.9 Å². The highest BCUT2D eigenvalue weighted by Crippen LogP contribution is 2.63. The van der Waals surface area contributed by atoms with Crippen molar-refractivity contribution in [3.63, 3.8) is 0 Å². The average molecular weight is 415 g/mol. The quantitative estimate of drug-likeness (QED) is 0.435. The zero-order valence-electron chi connectivity index (χ0n) is 12.0. The van der Waals surface area contributed by atoms with Crippen molar-refractivity contribution in [1.82, 2.24) is 0 Å². The van der Waals surface area contributed by atoms with E-state index in [1.54, 1.807) is 0 Å². The molecular weight excluding hydrogens is 391 g/mol. The Morgan fingerprint density at radius 2 is 1.89 bits per heavy atom. The van der Waals surface area contributed by atoms with E-state index in [2.05, 4.69) is 59.6 Å². The van der Waals surface area contributed by atoms with Crippen molar-refractivity contribution in [2.24, 2.45) is 10.8 Å². The van der Waals surface area contributed by atoms with Gasteiger partial charge in [-0.25, -0.2) is 0 Å². The van der Waals surface area contributed by atoms with Gasteiger partial charge >= 0.3 is 0 Å². The first-order chi connectivity index (χ1) is 8.54. The predicted molar refractivity (Wildman–Crippen MR) is 89.5 cm³/mol. The van der Waals surface area contributed by atoms with Crippen molar-refractivity contribution in [1.29, 1.82) is 0 Å². The average Bonchev–Trinajstić information content (AvgIpc) is 2.29. The SMILES string of the molecule is CC1=C[C@H](O)[C@@H](Br)C(C)(C)[C@]12CC[C@](C)(Br)[C@@H](Cl)C2. The first kappa shape index (κ1) is 16.3. The van der Waals surface area contributed by atoms with E-state index in [1.165, 1.54) is 5.57 Å². The maximum absolute atomic E-state index is 10.2. The molecule has 0 radical (unpaired) electrons. The molecule has 0 aliphatic heterocycles. The van der Waals surface area contributed by atoms with Gasteiger partial charge in [0.15, 0.2) is 0 Å². The van der Waals surface area contributed by atoms with E-state index in [-0.39, 0.29) is 25.4 Å². The van der Waals surface area contributed by atoms with Crippen LogP contribution in [0.25, 0.3) is 0 Å². The summed E-state index contributed by atoms with van der Waals surface area (Å²) in [6, 6.07) is 0. The van der Waals surface area contributed by atoms with E-state index in [0.717, 1.165) is 19.3 Å². The number of rotatable bonds is 0. The zero-order chi connectivity index (χ0) is 14.6. The molecule has 2 aliphatic carbocycles. The number of aliphatic hydroxyl groups excluding tert-OH is 1. The first-order valence-corrected chi connectivity index (χ1v) is 9.03. The summed E-state index contributed by atoms with van der Waals surface area (Å²) in [6.45, 7) is 8.86. The number of hydrogen-bond acceptors (Lipinski definition) is 1. The molecule has 0 aromatic heterocycles. The van der Waals surface area contributed by atoms with Gasteiger partial charge in [0.05, 0.1) is 10.9 Å². The fraction of sp³-hybridized carbons (Fsp3) is 0.867. The van der Waals surface area contributed by atoms with Crippen LogP contribution in [-0.2, 0) is 0 Å². The molecule has 2 aliphatic rings. The molecule has 0 saturated heterocycles. The Bertz CT molecular complexity index is 405. The van der Waals surface area contributed by atoms with E-state index in [0.29, 0.717) is 0 Å². The van der Waals surface area contributed by atoms with Gasteiger partial charge in [-0.3, -0.25) is 0 Å². The lowest BCUT2D eigenvalue weighted by atomic mass is 9.50. The van der Waals surface area contributed by atoms with E-state index >= 15 is 0 Å². The molecule has 4 heteroatoms. The molecule has 0 aromatic carbocycles. The van der Waals surface area contributed by atoms with E-state index in [1.807, 2.05) is 6.08 Å². The third kappa shape index (κ3) is 2.37. The highest BCUT2D eigenvalue weighted by Gasteiger charge is 2.58. The van der Waals surface area contributed by atoms with Gasteiger partial charge in [-0.1, -0.05) is 57.4 Å². The Morgan fingerprint density at radius 3 is 2.42 bits per heavy atom. The summed E-state index contributed by atoms with van der Waals surface area (Å²) in [7, 11) is 0. The number of halogens is 3. The minimum Gasteiger partial charge on any atom is -0.388 e. The van der Waals surface area contributed by atoms with Gasteiger partial charge in [-0.15, -0.1) is 11.6 Å². The van der Waals surface area contributed by atoms with Crippen molar-refractivity contribution in [2.45, 2.75) is 67.6 Å². The summed E-state index contributed by atoms with van der Waals surface area (Å²) in [5, 5.41) is 10.3. The van der Waals surface area contributed by atoms with Crippen LogP contribution in [0.15, 0.2) is 11.6 Å². The van der Waals surface area contributed by atoms with Gasteiger partial charge in [0.25, 0.3) is 0 Å². The van der Waals surface area contributed by atoms with Crippen LogP contribution in [0.3, 0.4) is 0 Å². The van der Waals surface area contributed by atoms with Crippen LogP contribution < -0.4 is 0 Å². The molecule has 1 spiro atoms. The second kappa shape index (κ2) is 5.00. The molecule has 5 atom stereocenters. The standard InChI is InChI=1S/C15H23Br2ClO/c1-9-7-10(19)12(16)13(2,3)15(9)6-5-14(4,17)11(18)8-15/h7,10-12,19H,5-6,8H2,1-4H3/t10-,11-,12+,14-,15-/m0/s1. The van der Waals surface area contributed by atoms with Crippen molar-refractivity contribution in [2.75, 3.05) is 0 Å². The summed E-state index contributed by atoms with van der Waals surface area (Å²) < 4.78 is 0.0219. The Morgan fingerprint density at radius 1 is 1.32 bits per heavy atom. The molecule has 1 N–H and O–H groups in total. The molecular formula is C15H23Br2ClO. The fourth-order valence-electron chi connectivity index (χ4n) is 3.88. The molecule has 19 heavy (non-hydrogen) atoms. The van der Waals surface area contributed by atoms with Crippen molar-refractivity contribution in [3.05, 3.63) is 11.6 Å². The van der Waals surface area contributed by atoms with Gasteiger partial charge in [0.2, 0.25) is 0 Å². The Balaban J connectivity index is 2.45. The monoisotopic (exact) mass is 412 g/mol. The van der Waals surface area contributed by atoms with Crippen LogP contribution in [0.5, 0.6) is 0 Å². The molecule has 1 saturated carbocycles. The van der Waals surface area contributed by atoms with Crippen LogP contribution in [0.4, 0.5) is 0 Å². The maximum atomic E-state index is 10.2. The topological polar surface area (TPSA) is 20.2 Å². The van der Waals surface area contributed by atoms with Crippen LogP contribution in [0.1, 0.15) is 47.0 Å². The van der Waals surface area contributed by atoms with Gasteiger partial charge in [0.1, 0.15) is 0 Å². The zero-order valence-corrected chi connectivity index (χ0v) is 15.9. The number of aliphatic hydroxyl groups is 1. The van der Waals surface area contributed by atoms with Crippen LogP contribution in [0.2, 0.25) is 0 Å². The van der Waals surface area contributed by atoms with Gasteiger partial charge in [-0.2, -0.15) is 0 Å². The second-order valence-corrected chi connectivity index (χ2v) is 10.3. The lowest BCUT2D eigenvalue weighted by Crippen LogP contribution is -2.56. The lowest BCUT2D eigenvalue weighted by molar-refractivity contribution is 0.0122. The molecule has 2 rings (SSSR count). The molecule has 110 valence electrons. The number of alkyl halides is 3. The van der Waals surface area contributed by atoms with Crippen molar-refractivity contribution in [3.8, 4) is 0 Å². The Hall–Kier alpha value is 0.950. The highest BCUT2D eigenvalue weighted by atomic mass is 79.9.